The minimum Gasteiger partial charge on any atom is -0.459 e. The maximum Gasteiger partial charge on any atom is 0.306 e. The zero-order chi connectivity index (χ0) is 14.8. The second-order valence-electron chi connectivity index (χ2n) is 8.01. The molecule has 3 fully saturated rings. The Hall–Kier alpha value is -1.12. The van der Waals surface area contributed by atoms with Crippen LogP contribution >= 0.6 is 0 Å². The maximum absolute atomic E-state index is 11.9. The summed E-state index contributed by atoms with van der Waals surface area (Å²) in [5.41, 5.74) is 1.23. The molecule has 1 heterocycles. The summed E-state index contributed by atoms with van der Waals surface area (Å²) in [6.45, 7) is 4.44. The number of ether oxygens (including phenoxy) is 1. The van der Waals surface area contributed by atoms with E-state index in [0.29, 0.717) is 36.4 Å². The standard InChI is InChI=1S/C18H24O3/c1-17-10-12(19)9-11(17)3-4-13-14(17)7-8-18(2)15(13)5-6-16(20)21-18/h9,13-15H,3-8,10H2,1-2H3/t13-,14+,15-,17+,18+/m0/s1. The lowest BCUT2D eigenvalue weighted by atomic mass is 9.50. The Balaban J connectivity index is 1.67. The molecular formula is C18H24O3. The number of hydrogen-bond donors (Lipinski definition) is 0. The molecule has 0 radical (unpaired) electrons. The van der Waals surface area contributed by atoms with Crippen LogP contribution in [0.4, 0.5) is 0 Å². The van der Waals surface area contributed by atoms with Gasteiger partial charge in [-0.05, 0) is 62.4 Å². The molecule has 4 rings (SSSR count). The van der Waals surface area contributed by atoms with Crippen LogP contribution in [0.15, 0.2) is 11.6 Å². The quantitative estimate of drug-likeness (QED) is 0.641. The molecule has 3 heteroatoms. The van der Waals surface area contributed by atoms with E-state index in [2.05, 4.69) is 13.8 Å². The third-order valence-electron chi connectivity index (χ3n) is 6.95. The van der Waals surface area contributed by atoms with Crippen LogP contribution in [0.3, 0.4) is 0 Å². The number of rotatable bonds is 0. The van der Waals surface area contributed by atoms with Crippen LogP contribution in [0.2, 0.25) is 0 Å². The summed E-state index contributed by atoms with van der Waals surface area (Å²) in [5, 5.41) is 0. The summed E-state index contributed by atoms with van der Waals surface area (Å²) in [4.78, 5) is 23.6. The zero-order valence-electron chi connectivity index (χ0n) is 13.0. The van der Waals surface area contributed by atoms with Crippen LogP contribution in [0.1, 0.15) is 58.8 Å². The summed E-state index contributed by atoms with van der Waals surface area (Å²) < 4.78 is 5.77. The van der Waals surface area contributed by atoms with E-state index in [4.69, 9.17) is 4.74 Å². The van der Waals surface area contributed by atoms with Crippen LogP contribution in [0, 0.1) is 23.2 Å². The summed E-state index contributed by atoms with van der Waals surface area (Å²) in [6, 6.07) is 0. The van der Waals surface area contributed by atoms with Crippen LogP contribution in [0.25, 0.3) is 0 Å². The molecule has 0 aromatic rings. The minimum absolute atomic E-state index is 0.0224. The molecule has 1 aliphatic heterocycles. The van der Waals surface area contributed by atoms with Crippen molar-refractivity contribution >= 4 is 11.8 Å². The highest BCUT2D eigenvalue weighted by molar-refractivity contribution is 5.94. The van der Waals surface area contributed by atoms with Crippen molar-refractivity contribution in [2.45, 2.75) is 64.4 Å². The summed E-state index contributed by atoms with van der Waals surface area (Å²) in [5.74, 6) is 1.99. The molecule has 0 aromatic carbocycles. The van der Waals surface area contributed by atoms with Crippen molar-refractivity contribution in [2.75, 3.05) is 0 Å². The minimum atomic E-state index is -0.253. The van der Waals surface area contributed by atoms with Crippen LogP contribution < -0.4 is 0 Å². The first-order valence-electron chi connectivity index (χ1n) is 8.38. The first kappa shape index (κ1) is 13.5. The fraction of sp³-hybridized carbons (Fsp3) is 0.778. The van der Waals surface area contributed by atoms with Gasteiger partial charge in [-0.2, -0.15) is 0 Å². The fourth-order valence-corrected chi connectivity index (χ4v) is 5.93. The van der Waals surface area contributed by atoms with Crippen LogP contribution in [-0.2, 0) is 14.3 Å². The third kappa shape index (κ3) is 1.79. The van der Waals surface area contributed by atoms with Crippen LogP contribution in [-0.4, -0.2) is 17.4 Å². The molecular weight excluding hydrogens is 264 g/mol. The number of allylic oxidation sites excluding steroid dienone is 2. The Bertz CT molecular complexity index is 549. The lowest BCUT2D eigenvalue weighted by Gasteiger charge is -2.57. The largest absolute Gasteiger partial charge is 0.459 e. The van der Waals surface area contributed by atoms with Crippen LogP contribution in [0.5, 0.6) is 0 Å². The van der Waals surface area contributed by atoms with Crippen molar-refractivity contribution in [3.05, 3.63) is 11.6 Å². The number of esters is 1. The molecule has 0 unspecified atom stereocenters. The zero-order valence-corrected chi connectivity index (χ0v) is 13.0. The Morgan fingerprint density at radius 3 is 2.71 bits per heavy atom. The topological polar surface area (TPSA) is 43.4 Å². The Morgan fingerprint density at radius 1 is 1.10 bits per heavy atom. The highest BCUT2D eigenvalue weighted by atomic mass is 16.6. The molecule has 0 spiro atoms. The first-order valence-corrected chi connectivity index (χ1v) is 8.38. The number of fused-ring (bicyclic) bond motifs is 5. The molecule has 4 aliphatic rings. The van der Waals surface area contributed by atoms with Crippen molar-refractivity contribution in [3.8, 4) is 0 Å². The predicted molar refractivity (Wildman–Crippen MR) is 78.5 cm³/mol. The van der Waals surface area contributed by atoms with E-state index < -0.39 is 0 Å². The molecule has 0 amide bonds. The van der Waals surface area contributed by atoms with Crippen molar-refractivity contribution in [3.63, 3.8) is 0 Å². The van der Waals surface area contributed by atoms with Crippen molar-refractivity contribution in [1.29, 1.82) is 0 Å². The van der Waals surface area contributed by atoms with Gasteiger partial charge in [0.2, 0.25) is 0 Å². The van der Waals surface area contributed by atoms with Gasteiger partial charge >= 0.3 is 5.97 Å². The molecule has 3 nitrogen and oxygen atoms in total. The van der Waals surface area contributed by atoms with E-state index >= 15 is 0 Å². The predicted octanol–water partition coefficient (Wildman–Crippen LogP) is 3.42. The van der Waals surface area contributed by atoms with E-state index in [0.717, 1.165) is 32.1 Å². The Labute approximate surface area is 126 Å². The van der Waals surface area contributed by atoms with Gasteiger partial charge in [-0.15, -0.1) is 0 Å². The fourth-order valence-electron chi connectivity index (χ4n) is 5.93. The second-order valence-corrected chi connectivity index (χ2v) is 8.01. The summed E-state index contributed by atoms with van der Waals surface area (Å²) in [7, 11) is 0. The second kappa shape index (κ2) is 4.21. The van der Waals surface area contributed by atoms with Crippen molar-refractivity contribution in [1.82, 2.24) is 0 Å². The monoisotopic (exact) mass is 288 g/mol. The molecule has 1 saturated heterocycles. The number of ketones is 1. The molecule has 114 valence electrons. The van der Waals surface area contributed by atoms with Gasteiger partial charge in [0.1, 0.15) is 5.60 Å². The SMILES string of the molecule is C[C@@]12CC[C@@H]3[C@H](CCC4=CC(=O)C[C@]43C)[C@@H]1CCC(=O)O2. The lowest BCUT2D eigenvalue weighted by molar-refractivity contribution is -0.193. The van der Waals surface area contributed by atoms with E-state index in [1.807, 2.05) is 6.08 Å². The molecule has 5 atom stereocenters. The number of hydrogen-bond acceptors (Lipinski definition) is 3. The van der Waals surface area contributed by atoms with E-state index in [1.165, 1.54) is 5.57 Å². The van der Waals surface area contributed by atoms with Crippen molar-refractivity contribution in [2.24, 2.45) is 23.2 Å². The lowest BCUT2D eigenvalue weighted by Crippen LogP contribution is -2.56. The van der Waals surface area contributed by atoms with Crippen molar-refractivity contribution < 1.29 is 14.3 Å². The first-order chi connectivity index (χ1) is 9.92. The molecule has 0 bridgehead atoms. The van der Waals surface area contributed by atoms with Gasteiger partial charge in [-0.3, -0.25) is 9.59 Å². The molecule has 0 N–H and O–H groups in total. The number of carbonyl (C=O) groups excluding carboxylic acids is 2. The number of carbonyl (C=O) groups is 2. The molecule has 21 heavy (non-hydrogen) atoms. The highest BCUT2D eigenvalue weighted by Crippen LogP contribution is 2.62. The molecule has 2 saturated carbocycles. The molecule has 0 aromatic heterocycles. The Kier molecular flexibility index (Phi) is 2.71. The van der Waals surface area contributed by atoms with Gasteiger partial charge in [0.15, 0.2) is 5.78 Å². The summed E-state index contributed by atoms with van der Waals surface area (Å²) >= 11 is 0. The third-order valence-corrected chi connectivity index (χ3v) is 6.95. The van der Waals surface area contributed by atoms with E-state index in [1.54, 1.807) is 0 Å². The van der Waals surface area contributed by atoms with Gasteiger partial charge in [-0.1, -0.05) is 12.5 Å². The normalized spacial score (nSPS) is 48.9. The van der Waals surface area contributed by atoms with E-state index in [9.17, 15) is 9.59 Å². The smallest absolute Gasteiger partial charge is 0.306 e. The van der Waals surface area contributed by atoms with E-state index in [-0.39, 0.29) is 17.0 Å². The van der Waals surface area contributed by atoms with Gasteiger partial charge in [0.25, 0.3) is 0 Å². The van der Waals surface area contributed by atoms with Gasteiger partial charge < -0.3 is 4.74 Å². The average molecular weight is 288 g/mol. The van der Waals surface area contributed by atoms with Gasteiger partial charge in [0.05, 0.1) is 0 Å². The van der Waals surface area contributed by atoms with Gasteiger partial charge in [0, 0.05) is 18.8 Å². The maximum atomic E-state index is 11.9. The highest BCUT2D eigenvalue weighted by Gasteiger charge is 2.58. The van der Waals surface area contributed by atoms with Gasteiger partial charge in [-0.25, -0.2) is 0 Å². The Morgan fingerprint density at radius 2 is 1.90 bits per heavy atom. The summed E-state index contributed by atoms with van der Waals surface area (Å²) in [6.07, 6.45) is 8.44. The average Bonchev–Trinajstić information content (AvgIpc) is 2.71. The molecule has 3 aliphatic carbocycles.